The predicted octanol–water partition coefficient (Wildman–Crippen LogP) is 4.29. The lowest BCUT2D eigenvalue weighted by Crippen LogP contribution is -2.13. The number of rotatable bonds is 3. The van der Waals surface area contributed by atoms with E-state index in [9.17, 15) is 17.2 Å². The molecule has 0 radical (unpaired) electrons. The third kappa shape index (κ3) is 3.36. The molecule has 0 saturated heterocycles. The molecule has 0 atom stereocenters. The molecule has 0 heterocycles. The lowest BCUT2D eigenvalue weighted by Gasteiger charge is -2.10. The topological polar surface area (TPSA) is 46.2 Å². The summed E-state index contributed by atoms with van der Waals surface area (Å²) < 4.78 is 53.4. The Kier molecular flexibility index (Phi) is 4.46. The van der Waals surface area contributed by atoms with E-state index in [-0.39, 0.29) is 15.1 Å². The maximum absolute atomic E-state index is 13.4. The molecule has 0 saturated carbocycles. The normalized spacial score (nSPS) is 11.4. The van der Waals surface area contributed by atoms with Crippen molar-refractivity contribution in [3.63, 3.8) is 0 Å². The molecule has 1 N–H and O–H groups in total. The molecule has 20 heavy (non-hydrogen) atoms. The smallest absolute Gasteiger partial charge is 0.262 e. The van der Waals surface area contributed by atoms with Gasteiger partial charge in [0.25, 0.3) is 10.0 Å². The minimum Gasteiger partial charge on any atom is -0.278 e. The summed E-state index contributed by atoms with van der Waals surface area (Å²) >= 11 is 6.04. The standard InChI is InChI=1S/C12H7Br2F2NO2S/c13-9-4-2-8(6-11(9)16)20(18,19)17-12-5-7(15)1-3-10(12)14/h1-6,17H. The Morgan fingerprint density at radius 2 is 1.60 bits per heavy atom. The van der Waals surface area contributed by atoms with Gasteiger partial charge in [-0.25, -0.2) is 17.2 Å². The van der Waals surface area contributed by atoms with Crippen molar-refractivity contribution in [1.82, 2.24) is 0 Å². The van der Waals surface area contributed by atoms with Crippen molar-refractivity contribution >= 4 is 47.6 Å². The molecule has 0 bridgehead atoms. The van der Waals surface area contributed by atoms with Crippen LogP contribution in [0.25, 0.3) is 0 Å². The zero-order valence-corrected chi connectivity index (χ0v) is 13.7. The third-order valence-corrected chi connectivity index (χ3v) is 5.07. The Bertz CT molecular complexity index is 766. The van der Waals surface area contributed by atoms with Crippen LogP contribution in [0.5, 0.6) is 0 Å². The first-order valence-corrected chi connectivity index (χ1v) is 8.29. The highest BCUT2D eigenvalue weighted by Gasteiger charge is 2.17. The Balaban J connectivity index is 2.40. The molecule has 0 aliphatic carbocycles. The second kappa shape index (κ2) is 5.79. The lowest BCUT2D eigenvalue weighted by atomic mass is 10.3. The van der Waals surface area contributed by atoms with E-state index < -0.39 is 21.7 Å². The number of benzene rings is 2. The van der Waals surface area contributed by atoms with Gasteiger partial charge >= 0.3 is 0 Å². The van der Waals surface area contributed by atoms with E-state index in [1.807, 2.05) is 0 Å². The summed E-state index contributed by atoms with van der Waals surface area (Å²) in [6.45, 7) is 0. The summed E-state index contributed by atoms with van der Waals surface area (Å²) in [5.74, 6) is -1.29. The number of halogens is 4. The van der Waals surface area contributed by atoms with E-state index in [0.29, 0.717) is 4.47 Å². The number of sulfonamides is 1. The fraction of sp³-hybridized carbons (Fsp3) is 0. The molecular weight excluding hydrogens is 420 g/mol. The molecule has 8 heteroatoms. The van der Waals surface area contributed by atoms with E-state index in [1.54, 1.807) is 0 Å². The molecule has 2 aromatic rings. The Hall–Kier alpha value is -0.990. The van der Waals surface area contributed by atoms with Crippen molar-refractivity contribution in [1.29, 1.82) is 0 Å². The van der Waals surface area contributed by atoms with Gasteiger partial charge < -0.3 is 0 Å². The van der Waals surface area contributed by atoms with Gasteiger partial charge in [-0.05, 0) is 68.3 Å². The summed E-state index contributed by atoms with van der Waals surface area (Å²) in [5, 5.41) is 0. The maximum Gasteiger partial charge on any atom is 0.262 e. The van der Waals surface area contributed by atoms with E-state index >= 15 is 0 Å². The molecule has 2 rings (SSSR count). The Labute approximate surface area is 131 Å². The van der Waals surface area contributed by atoms with E-state index in [2.05, 4.69) is 36.6 Å². The molecular formula is C12H7Br2F2NO2S. The second-order valence-electron chi connectivity index (χ2n) is 3.81. The molecule has 0 aliphatic rings. The minimum atomic E-state index is -4.00. The fourth-order valence-electron chi connectivity index (χ4n) is 1.42. The highest BCUT2D eigenvalue weighted by molar-refractivity contribution is 9.10. The monoisotopic (exact) mass is 425 g/mol. The highest BCUT2D eigenvalue weighted by Crippen LogP contribution is 2.27. The van der Waals surface area contributed by atoms with Crippen molar-refractivity contribution in [3.8, 4) is 0 Å². The van der Waals surface area contributed by atoms with Gasteiger partial charge in [0.2, 0.25) is 0 Å². The molecule has 0 fully saturated rings. The number of anilines is 1. The summed E-state index contributed by atoms with van der Waals surface area (Å²) in [6.07, 6.45) is 0. The van der Waals surface area contributed by atoms with Gasteiger partial charge in [0.15, 0.2) is 0 Å². The van der Waals surface area contributed by atoms with Gasteiger partial charge in [-0.2, -0.15) is 0 Å². The fourth-order valence-corrected chi connectivity index (χ4v) is 3.23. The number of hydrogen-bond donors (Lipinski definition) is 1. The first-order chi connectivity index (χ1) is 9.29. The quantitative estimate of drug-likeness (QED) is 0.795. The summed E-state index contributed by atoms with van der Waals surface area (Å²) in [4.78, 5) is -0.255. The van der Waals surface area contributed by atoms with Crippen LogP contribution in [-0.4, -0.2) is 8.42 Å². The first kappa shape index (κ1) is 15.4. The highest BCUT2D eigenvalue weighted by atomic mass is 79.9. The summed E-state index contributed by atoms with van der Waals surface area (Å²) in [7, 11) is -4.00. The maximum atomic E-state index is 13.4. The van der Waals surface area contributed by atoms with E-state index in [4.69, 9.17) is 0 Å². The van der Waals surface area contributed by atoms with Crippen LogP contribution in [0.3, 0.4) is 0 Å². The van der Waals surface area contributed by atoms with Crippen molar-refractivity contribution in [2.24, 2.45) is 0 Å². The number of nitrogens with one attached hydrogen (secondary N) is 1. The van der Waals surface area contributed by atoms with Gasteiger partial charge in [0.1, 0.15) is 11.6 Å². The molecule has 0 amide bonds. The molecule has 0 aliphatic heterocycles. The van der Waals surface area contributed by atoms with Crippen LogP contribution in [-0.2, 0) is 10.0 Å². The molecule has 0 unspecified atom stereocenters. The summed E-state index contributed by atoms with van der Waals surface area (Å²) in [6, 6.07) is 6.97. The van der Waals surface area contributed by atoms with Gasteiger partial charge in [-0.1, -0.05) is 0 Å². The molecule has 3 nitrogen and oxygen atoms in total. The average Bonchev–Trinajstić information content (AvgIpc) is 2.36. The average molecular weight is 427 g/mol. The zero-order valence-electron chi connectivity index (χ0n) is 9.70. The van der Waals surface area contributed by atoms with Gasteiger partial charge in [-0.15, -0.1) is 0 Å². The van der Waals surface area contributed by atoms with Crippen molar-refractivity contribution < 1.29 is 17.2 Å². The molecule has 0 aromatic heterocycles. The zero-order chi connectivity index (χ0) is 14.9. The third-order valence-electron chi connectivity index (χ3n) is 2.37. The largest absolute Gasteiger partial charge is 0.278 e. The molecule has 2 aromatic carbocycles. The van der Waals surface area contributed by atoms with Crippen LogP contribution in [0.4, 0.5) is 14.5 Å². The molecule has 106 valence electrons. The summed E-state index contributed by atoms with van der Waals surface area (Å²) in [5.41, 5.74) is 0.0355. The van der Waals surface area contributed by atoms with Crippen LogP contribution >= 0.6 is 31.9 Å². The van der Waals surface area contributed by atoms with Crippen LogP contribution in [0.15, 0.2) is 50.2 Å². The predicted molar refractivity (Wildman–Crippen MR) is 79.0 cm³/mol. The SMILES string of the molecule is O=S(=O)(Nc1cc(F)ccc1Br)c1ccc(Br)c(F)c1. The van der Waals surface area contributed by atoms with E-state index in [0.717, 1.165) is 12.1 Å². The van der Waals surface area contributed by atoms with Gasteiger partial charge in [-0.3, -0.25) is 4.72 Å². The van der Waals surface area contributed by atoms with Crippen LogP contribution in [0.1, 0.15) is 0 Å². The van der Waals surface area contributed by atoms with Crippen molar-refractivity contribution in [2.45, 2.75) is 4.90 Å². The Morgan fingerprint density at radius 3 is 2.25 bits per heavy atom. The van der Waals surface area contributed by atoms with Crippen LogP contribution in [0, 0.1) is 11.6 Å². The van der Waals surface area contributed by atoms with Gasteiger partial charge in [0, 0.05) is 4.47 Å². The van der Waals surface area contributed by atoms with Crippen molar-refractivity contribution in [2.75, 3.05) is 4.72 Å². The minimum absolute atomic E-state index is 0.0355. The van der Waals surface area contributed by atoms with Crippen molar-refractivity contribution in [3.05, 3.63) is 57.0 Å². The first-order valence-electron chi connectivity index (χ1n) is 5.22. The van der Waals surface area contributed by atoms with E-state index in [1.165, 1.54) is 24.3 Å². The lowest BCUT2D eigenvalue weighted by molar-refractivity contribution is 0.593. The Morgan fingerprint density at radius 1 is 0.950 bits per heavy atom. The number of hydrogen-bond acceptors (Lipinski definition) is 2. The van der Waals surface area contributed by atoms with Crippen LogP contribution < -0.4 is 4.72 Å². The second-order valence-corrected chi connectivity index (χ2v) is 7.20. The molecule has 0 spiro atoms. The van der Waals surface area contributed by atoms with Gasteiger partial charge in [0.05, 0.1) is 15.1 Å². The van der Waals surface area contributed by atoms with Crippen LogP contribution in [0.2, 0.25) is 0 Å².